The number of methoxy groups -OCH3 is 1. The first kappa shape index (κ1) is 33.8. The SMILES string of the molecule is CCc1cccc(C)c1NC(=O)C(Sc1cccc(NC(=O)/C(=C\c2ccccc2OC)NC(=O)c2ccccc2)c1)c1ccccc1. The minimum Gasteiger partial charge on any atom is -0.496 e. The minimum atomic E-state index is -0.562. The number of benzene rings is 5. The van der Waals surface area contributed by atoms with Gasteiger partial charge in [0.2, 0.25) is 5.91 Å². The van der Waals surface area contributed by atoms with E-state index >= 15 is 0 Å². The summed E-state index contributed by atoms with van der Waals surface area (Å²) in [5, 5.41) is 8.32. The van der Waals surface area contributed by atoms with E-state index in [1.165, 1.54) is 11.8 Å². The Bertz CT molecular complexity index is 1930. The van der Waals surface area contributed by atoms with Gasteiger partial charge >= 0.3 is 0 Å². The molecule has 0 radical (unpaired) electrons. The van der Waals surface area contributed by atoms with Gasteiger partial charge in [-0.25, -0.2) is 0 Å². The number of para-hydroxylation sites is 2. The summed E-state index contributed by atoms with van der Waals surface area (Å²) in [6, 6.07) is 38.9. The maximum atomic E-state index is 13.9. The van der Waals surface area contributed by atoms with Crippen LogP contribution in [-0.4, -0.2) is 24.8 Å². The van der Waals surface area contributed by atoms with Crippen LogP contribution in [0.25, 0.3) is 6.08 Å². The lowest BCUT2D eigenvalue weighted by molar-refractivity contribution is -0.116. The van der Waals surface area contributed by atoms with Crippen LogP contribution in [0.1, 0.15) is 44.8 Å². The number of hydrogen-bond donors (Lipinski definition) is 3. The molecule has 242 valence electrons. The van der Waals surface area contributed by atoms with Crippen LogP contribution in [0.3, 0.4) is 0 Å². The summed E-state index contributed by atoms with van der Waals surface area (Å²) in [7, 11) is 1.55. The van der Waals surface area contributed by atoms with Crippen LogP contribution in [-0.2, 0) is 16.0 Å². The smallest absolute Gasteiger partial charge is 0.272 e. The highest BCUT2D eigenvalue weighted by Crippen LogP contribution is 2.38. The molecule has 8 heteroatoms. The third kappa shape index (κ3) is 8.60. The Morgan fingerprint density at radius 3 is 2.21 bits per heavy atom. The lowest BCUT2D eigenvalue weighted by atomic mass is 10.1. The Balaban J connectivity index is 1.41. The van der Waals surface area contributed by atoms with Crippen molar-refractivity contribution in [1.82, 2.24) is 5.32 Å². The average molecular weight is 656 g/mol. The molecule has 0 saturated carbocycles. The van der Waals surface area contributed by atoms with Crippen LogP contribution < -0.4 is 20.7 Å². The highest BCUT2D eigenvalue weighted by Gasteiger charge is 2.24. The fraction of sp³-hybridized carbons (Fsp3) is 0.125. The summed E-state index contributed by atoms with van der Waals surface area (Å²) in [6.07, 6.45) is 2.38. The highest BCUT2D eigenvalue weighted by molar-refractivity contribution is 8.00. The van der Waals surface area contributed by atoms with E-state index in [4.69, 9.17) is 4.74 Å². The second-order valence-corrected chi connectivity index (χ2v) is 12.1. The molecule has 1 unspecified atom stereocenters. The zero-order valence-electron chi connectivity index (χ0n) is 27.0. The van der Waals surface area contributed by atoms with E-state index in [1.54, 1.807) is 55.7 Å². The molecule has 5 rings (SSSR count). The van der Waals surface area contributed by atoms with Crippen molar-refractivity contribution >= 4 is 46.9 Å². The van der Waals surface area contributed by atoms with Gasteiger partial charge in [0.1, 0.15) is 16.7 Å². The molecule has 3 amide bonds. The molecule has 1 atom stereocenters. The standard InChI is InChI=1S/C40H37N3O4S/c1-4-28-21-13-15-27(2)36(28)43-40(46)37(29-16-7-5-8-17-29)48-33-23-14-22-32(26-33)41-39(45)34(25-31-20-11-12-24-35(31)47-3)42-38(44)30-18-9-6-10-19-30/h5-26,37H,4H2,1-3H3,(H,41,45)(H,42,44)(H,43,46)/b34-25+. The van der Waals surface area contributed by atoms with Crippen LogP contribution in [0.4, 0.5) is 11.4 Å². The summed E-state index contributed by atoms with van der Waals surface area (Å²) in [6.45, 7) is 4.06. The third-order valence-electron chi connectivity index (χ3n) is 7.64. The first-order valence-electron chi connectivity index (χ1n) is 15.6. The lowest BCUT2D eigenvalue weighted by Gasteiger charge is -2.20. The van der Waals surface area contributed by atoms with Crippen LogP contribution in [0, 0.1) is 6.92 Å². The van der Waals surface area contributed by atoms with E-state index < -0.39 is 17.1 Å². The molecule has 0 spiro atoms. The quantitative estimate of drug-likeness (QED) is 0.0926. The molecule has 0 aromatic heterocycles. The summed E-state index contributed by atoms with van der Waals surface area (Å²) < 4.78 is 5.47. The Labute approximate surface area is 285 Å². The Morgan fingerprint density at radius 2 is 1.48 bits per heavy atom. The van der Waals surface area contributed by atoms with Gasteiger partial charge in [0.25, 0.3) is 11.8 Å². The Morgan fingerprint density at radius 1 is 0.792 bits per heavy atom. The molecule has 0 aliphatic rings. The minimum absolute atomic E-state index is 0.0397. The van der Waals surface area contributed by atoms with Gasteiger partial charge in [-0.05, 0) is 72.5 Å². The monoisotopic (exact) mass is 655 g/mol. The summed E-state index contributed by atoms with van der Waals surface area (Å²) in [5.41, 5.74) is 5.34. The highest BCUT2D eigenvalue weighted by atomic mass is 32.2. The molecule has 48 heavy (non-hydrogen) atoms. The van der Waals surface area contributed by atoms with E-state index in [-0.39, 0.29) is 11.6 Å². The van der Waals surface area contributed by atoms with Gasteiger partial charge in [-0.1, -0.05) is 97.9 Å². The molecule has 3 N–H and O–H groups in total. The maximum absolute atomic E-state index is 13.9. The van der Waals surface area contributed by atoms with Crippen molar-refractivity contribution in [3.05, 3.63) is 161 Å². The molecule has 7 nitrogen and oxygen atoms in total. The van der Waals surface area contributed by atoms with Crippen LogP contribution in [0.2, 0.25) is 0 Å². The zero-order valence-corrected chi connectivity index (χ0v) is 27.8. The van der Waals surface area contributed by atoms with Gasteiger partial charge in [-0.2, -0.15) is 0 Å². The van der Waals surface area contributed by atoms with Gasteiger partial charge in [0.15, 0.2) is 0 Å². The van der Waals surface area contributed by atoms with Gasteiger partial charge in [-0.15, -0.1) is 11.8 Å². The normalized spacial score (nSPS) is 11.7. The van der Waals surface area contributed by atoms with E-state index in [9.17, 15) is 14.4 Å². The fourth-order valence-corrected chi connectivity index (χ4v) is 6.24. The van der Waals surface area contributed by atoms with E-state index in [2.05, 4.69) is 22.9 Å². The molecule has 0 saturated heterocycles. The zero-order chi connectivity index (χ0) is 33.9. The maximum Gasteiger partial charge on any atom is 0.272 e. The number of carbonyl (C=O) groups is 3. The number of carbonyl (C=O) groups excluding carboxylic acids is 3. The van der Waals surface area contributed by atoms with Gasteiger partial charge in [0, 0.05) is 27.4 Å². The van der Waals surface area contributed by atoms with Crippen molar-refractivity contribution in [2.24, 2.45) is 0 Å². The molecule has 0 bridgehead atoms. The summed E-state index contributed by atoms with van der Waals surface area (Å²) >= 11 is 1.39. The number of hydrogen-bond acceptors (Lipinski definition) is 5. The molecular weight excluding hydrogens is 619 g/mol. The second-order valence-electron chi connectivity index (χ2n) is 11.0. The Kier molecular flexibility index (Phi) is 11.5. The van der Waals surface area contributed by atoms with Crippen molar-refractivity contribution in [3.63, 3.8) is 0 Å². The largest absolute Gasteiger partial charge is 0.496 e. The molecule has 0 fully saturated rings. The van der Waals surface area contributed by atoms with Crippen LogP contribution in [0.15, 0.2) is 138 Å². The number of rotatable bonds is 12. The molecular formula is C40H37N3O4S. The number of amides is 3. The van der Waals surface area contributed by atoms with Crippen molar-refractivity contribution in [2.45, 2.75) is 30.4 Å². The predicted octanol–water partition coefficient (Wildman–Crippen LogP) is 8.45. The summed E-state index contributed by atoms with van der Waals surface area (Å²) in [5.74, 6) is -0.531. The van der Waals surface area contributed by atoms with Crippen molar-refractivity contribution in [2.75, 3.05) is 17.7 Å². The number of thioether (sulfide) groups is 1. The molecule has 0 aliphatic heterocycles. The van der Waals surface area contributed by atoms with Gasteiger partial charge in [0.05, 0.1) is 7.11 Å². The molecule has 5 aromatic rings. The van der Waals surface area contributed by atoms with E-state index in [0.717, 1.165) is 33.7 Å². The average Bonchev–Trinajstić information content (AvgIpc) is 3.12. The topological polar surface area (TPSA) is 96.5 Å². The molecule has 0 aliphatic carbocycles. The van der Waals surface area contributed by atoms with Crippen molar-refractivity contribution in [3.8, 4) is 5.75 Å². The number of ether oxygens (including phenoxy) is 1. The molecule has 0 heterocycles. The van der Waals surface area contributed by atoms with Gasteiger partial charge < -0.3 is 20.7 Å². The Hall–Kier alpha value is -5.60. The number of aryl methyl sites for hydroxylation is 2. The predicted molar refractivity (Wildman–Crippen MR) is 194 cm³/mol. The molecule has 5 aromatic carbocycles. The van der Waals surface area contributed by atoms with Gasteiger partial charge in [-0.3, -0.25) is 14.4 Å². The fourth-order valence-electron chi connectivity index (χ4n) is 5.16. The lowest BCUT2D eigenvalue weighted by Crippen LogP contribution is -2.30. The third-order valence-corrected chi connectivity index (χ3v) is 8.89. The van der Waals surface area contributed by atoms with Crippen LogP contribution >= 0.6 is 11.8 Å². The number of nitrogens with one attached hydrogen (secondary N) is 3. The van der Waals surface area contributed by atoms with E-state index in [1.807, 2.05) is 91.9 Å². The first-order valence-corrected chi connectivity index (χ1v) is 16.5. The second kappa shape index (κ2) is 16.3. The van der Waals surface area contributed by atoms with Crippen LogP contribution in [0.5, 0.6) is 5.75 Å². The first-order chi connectivity index (χ1) is 23.4. The number of anilines is 2. The van der Waals surface area contributed by atoms with Crippen molar-refractivity contribution < 1.29 is 19.1 Å². The van der Waals surface area contributed by atoms with Crippen molar-refractivity contribution in [1.29, 1.82) is 0 Å². The summed E-state index contributed by atoms with van der Waals surface area (Å²) in [4.78, 5) is 41.5. The van der Waals surface area contributed by atoms with E-state index in [0.29, 0.717) is 22.6 Å².